The molecule has 1 aliphatic rings. The van der Waals surface area contributed by atoms with Crippen LogP contribution in [0, 0.1) is 11.8 Å². The number of carbonyl (C=O) groups excluding carboxylic acids is 1. The fourth-order valence-corrected chi connectivity index (χ4v) is 2.68. The number of benzene rings is 1. The zero-order chi connectivity index (χ0) is 15.7. The molecule has 1 fully saturated rings. The van der Waals surface area contributed by atoms with Crippen molar-refractivity contribution in [1.29, 1.82) is 0 Å². The molecule has 21 heavy (non-hydrogen) atoms. The SMILES string of the molecule is CC(C)[C@@H](NC(=O)C1CC1c1ccc(Cl)c(Cl)c1)C(=O)O. The zero-order valence-electron chi connectivity index (χ0n) is 11.8. The molecule has 1 amide bonds. The number of carbonyl (C=O) groups is 2. The number of rotatable bonds is 5. The Morgan fingerprint density at radius 2 is 1.95 bits per heavy atom. The number of nitrogens with one attached hydrogen (secondary N) is 1. The summed E-state index contributed by atoms with van der Waals surface area (Å²) >= 11 is 11.8. The van der Waals surface area contributed by atoms with Crippen molar-refractivity contribution in [1.82, 2.24) is 5.32 Å². The highest BCUT2D eigenvalue weighted by Gasteiger charge is 2.45. The van der Waals surface area contributed by atoms with Gasteiger partial charge in [0.15, 0.2) is 0 Å². The van der Waals surface area contributed by atoms with Crippen LogP contribution in [0.3, 0.4) is 0 Å². The van der Waals surface area contributed by atoms with Crippen molar-refractivity contribution in [2.75, 3.05) is 0 Å². The van der Waals surface area contributed by atoms with Gasteiger partial charge in [0.2, 0.25) is 5.91 Å². The summed E-state index contributed by atoms with van der Waals surface area (Å²) in [5.41, 5.74) is 0.959. The van der Waals surface area contributed by atoms with Crippen LogP contribution in [0.2, 0.25) is 10.0 Å². The Morgan fingerprint density at radius 3 is 2.48 bits per heavy atom. The predicted octanol–water partition coefficient (Wildman–Crippen LogP) is 3.32. The maximum atomic E-state index is 12.1. The van der Waals surface area contributed by atoms with Crippen LogP contribution in [0.1, 0.15) is 31.7 Å². The fraction of sp³-hybridized carbons (Fsp3) is 0.467. The van der Waals surface area contributed by atoms with Crippen molar-refractivity contribution in [2.45, 2.75) is 32.2 Å². The Morgan fingerprint density at radius 1 is 1.29 bits per heavy atom. The van der Waals surface area contributed by atoms with E-state index in [-0.39, 0.29) is 23.7 Å². The molecule has 114 valence electrons. The lowest BCUT2D eigenvalue weighted by Gasteiger charge is -2.17. The third-order valence-corrected chi connectivity index (χ3v) is 4.47. The van der Waals surface area contributed by atoms with Gasteiger partial charge in [-0.05, 0) is 36.0 Å². The molecule has 0 aliphatic heterocycles. The first kappa shape index (κ1) is 16.1. The van der Waals surface area contributed by atoms with Crippen LogP contribution in [-0.2, 0) is 9.59 Å². The highest BCUT2D eigenvalue weighted by Crippen LogP contribution is 2.48. The van der Waals surface area contributed by atoms with Gasteiger partial charge in [0.1, 0.15) is 6.04 Å². The molecule has 2 N–H and O–H groups in total. The minimum atomic E-state index is -1.01. The smallest absolute Gasteiger partial charge is 0.326 e. The molecule has 1 aromatic rings. The van der Waals surface area contributed by atoms with Crippen LogP contribution in [0.4, 0.5) is 0 Å². The van der Waals surface area contributed by atoms with E-state index in [1.807, 2.05) is 6.07 Å². The Balaban J connectivity index is 2.00. The molecule has 0 bridgehead atoms. The van der Waals surface area contributed by atoms with E-state index in [0.29, 0.717) is 16.5 Å². The molecule has 0 saturated heterocycles. The molecule has 6 heteroatoms. The summed E-state index contributed by atoms with van der Waals surface area (Å²) in [6, 6.07) is 4.47. The van der Waals surface area contributed by atoms with Gasteiger partial charge in [-0.2, -0.15) is 0 Å². The molecule has 2 unspecified atom stereocenters. The second-order valence-corrected chi connectivity index (χ2v) is 6.51. The lowest BCUT2D eigenvalue weighted by molar-refractivity contribution is -0.143. The highest BCUT2D eigenvalue weighted by molar-refractivity contribution is 6.42. The third-order valence-electron chi connectivity index (χ3n) is 3.73. The standard InChI is InChI=1S/C15H17Cl2NO3/c1-7(2)13(15(20)21)18-14(19)10-6-9(10)8-3-4-11(16)12(17)5-8/h3-5,7,9-10,13H,6H2,1-2H3,(H,18,19)(H,20,21)/t9?,10?,13-/m1/s1. The third kappa shape index (κ3) is 3.69. The first-order valence-corrected chi connectivity index (χ1v) is 7.55. The van der Waals surface area contributed by atoms with Crippen molar-refractivity contribution >= 4 is 35.1 Å². The number of aliphatic carboxylic acids is 1. The molecule has 1 saturated carbocycles. The van der Waals surface area contributed by atoms with Crippen molar-refractivity contribution in [3.63, 3.8) is 0 Å². The number of amides is 1. The summed E-state index contributed by atoms with van der Waals surface area (Å²) in [5, 5.41) is 12.6. The minimum absolute atomic E-state index is 0.0846. The Hall–Kier alpha value is -1.26. The van der Waals surface area contributed by atoms with Gasteiger partial charge in [-0.1, -0.05) is 43.1 Å². The number of carboxylic acid groups (broad SMARTS) is 1. The normalized spacial score (nSPS) is 22.0. The first-order valence-electron chi connectivity index (χ1n) is 6.79. The molecule has 1 aromatic carbocycles. The average molecular weight is 330 g/mol. The molecule has 3 atom stereocenters. The monoisotopic (exact) mass is 329 g/mol. The van der Waals surface area contributed by atoms with Crippen molar-refractivity contribution in [3.8, 4) is 0 Å². The number of carboxylic acids is 1. The largest absolute Gasteiger partial charge is 0.480 e. The van der Waals surface area contributed by atoms with Crippen LogP contribution in [0.25, 0.3) is 0 Å². The van der Waals surface area contributed by atoms with Gasteiger partial charge in [-0.3, -0.25) is 4.79 Å². The second kappa shape index (κ2) is 6.24. The molecule has 0 radical (unpaired) electrons. The lowest BCUT2D eigenvalue weighted by atomic mass is 10.0. The van der Waals surface area contributed by atoms with Gasteiger partial charge in [-0.15, -0.1) is 0 Å². The van der Waals surface area contributed by atoms with E-state index in [1.165, 1.54) is 0 Å². The van der Waals surface area contributed by atoms with E-state index in [9.17, 15) is 9.59 Å². The van der Waals surface area contributed by atoms with Crippen LogP contribution < -0.4 is 5.32 Å². The Kier molecular flexibility index (Phi) is 4.79. The Bertz CT molecular complexity index is 574. The van der Waals surface area contributed by atoms with E-state index in [1.54, 1.807) is 26.0 Å². The molecule has 0 spiro atoms. The van der Waals surface area contributed by atoms with E-state index >= 15 is 0 Å². The van der Waals surface area contributed by atoms with E-state index in [0.717, 1.165) is 5.56 Å². The zero-order valence-corrected chi connectivity index (χ0v) is 13.3. The summed E-state index contributed by atoms with van der Waals surface area (Å²) in [5.74, 6) is -1.49. The quantitative estimate of drug-likeness (QED) is 0.870. The number of hydrogen-bond acceptors (Lipinski definition) is 2. The summed E-state index contributed by atoms with van der Waals surface area (Å²) in [6.45, 7) is 3.53. The van der Waals surface area contributed by atoms with Crippen LogP contribution in [0.15, 0.2) is 18.2 Å². The highest BCUT2D eigenvalue weighted by atomic mass is 35.5. The molecule has 4 nitrogen and oxygen atoms in total. The topological polar surface area (TPSA) is 66.4 Å². The molecular formula is C15H17Cl2NO3. The molecule has 2 rings (SSSR count). The lowest BCUT2D eigenvalue weighted by Crippen LogP contribution is -2.45. The van der Waals surface area contributed by atoms with Gasteiger partial charge in [0.05, 0.1) is 10.0 Å². The van der Waals surface area contributed by atoms with Crippen molar-refractivity contribution in [3.05, 3.63) is 33.8 Å². The van der Waals surface area contributed by atoms with Crippen molar-refractivity contribution < 1.29 is 14.7 Å². The summed E-state index contributed by atoms with van der Waals surface area (Å²) < 4.78 is 0. The average Bonchev–Trinajstić information content (AvgIpc) is 3.18. The maximum Gasteiger partial charge on any atom is 0.326 e. The summed E-state index contributed by atoms with van der Waals surface area (Å²) in [7, 11) is 0. The second-order valence-electron chi connectivity index (χ2n) is 5.69. The van der Waals surface area contributed by atoms with E-state index < -0.39 is 12.0 Å². The predicted molar refractivity (Wildman–Crippen MR) is 81.7 cm³/mol. The van der Waals surface area contributed by atoms with Gasteiger partial charge in [-0.25, -0.2) is 4.79 Å². The van der Waals surface area contributed by atoms with E-state index in [2.05, 4.69) is 5.32 Å². The fourth-order valence-electron chi connectivity index (χ4n) is 2.37. The van der Waals surface area contributed by atoms with Gasteiger partial charge in [0, 0.05) is 5.92 Å². The Labute approximate surface area is 133 Å². The van der Waals surface area contributed by atoms with Gasteiger partial charge < -0.3 is 10.4 Å². The van der Waals surface area contributed by atoms with Crippen molar-refractivity contribution in [2.24, 2.45) is 11.8 Å². The van der Waals surface area contributed by atoms with Gasteiger partial charge >= 0.3 is 5.97 Å². The van der Waals surface area contributed by atoms with Crippen LogP contribution >= 0.6 is 23.2 Å². The number of hydrogen-bond donors (Lipinski definition) is 2. The molecule has 0 heterocycles. The van der Waals surface area contributed by atoms with E-state index in [4.69, 9.17) is 28.3 Å². The first-order chi connectivity index (χ1) is 9.81. The summed E-state index contributed by atoms with van der Waals surface area (Å²) in [6.07, 6.45) is 0.703. The van der Waals surface area contributed by atoms with Crippen LogP contribution in [-0.4, -0.2) is 23.0 Å². The minimum Gasteiger partial charge on any atom is -0.480 e. The van der Waals surface area contributed by atoms with Crippen LogP contribution in [0.5, 0.6) is 0 Å². The number of halogens is 2. The summed E-state index contributed by atoms with van der Waals surface area (Å²) in [4.78, 5) is 23.2. The molecule has 0 aromatic heterocycles. The maximum absolute atomic E-state index is 12.1. The molecule has 1 aliphatic carbocycles. The molecular weight excluding hydrogens is 313 g/mol. The van der Waals surface area contributed by atoms with Gasteiger partial charge in [0.25, 0.3) is 0 Å².